The quantitative estimate of drug-likeness (QED) is 0.270. The van der Waals surface area contributed by atoms with E-state index < -0.39 is 28.5 Å². The number of amides is 2. The summed E-state index contributed by atoms with van der Waals surface area (Å²) < 4.78 is 27.4. The van der Waals surface area contributed by atoms with Crippen LogP contribution in [0.3, 0.4) is 0 Å². The second-order valence-electron chi connectivity index (χ2n) is 10.6. The number of hydrogen-bond acceptors (Lipinski definition) is 4. The van der Waals surface area contributed by atoms with Crippen LogP contribution in [0.4, 0.5) is 5.69 Å². The molecule has 0 aromatic heterocycles. The van der Waals surface area contributed by atoms with Gasteiger partial charge in [-0.2, -0.15) is 0 Å². The Balaban J connectivity index is 2.11. The van der Waals surface area contributed by atoms with Crippen molar-refractivity contribution in [3.63, 3.8) is 0 Å². The second-order valence-corrected chi connectivity index (χ2v) is 12.9. The summed E-state index contributed by atoms with van der Waals surface area (Å²) >= 11 is 6.51. The van der Waals surface area contributed by atoms with Gasteiger partial charge in [0.15, 0.2) is 0 Å². The highest BCUT2D eigenvalue weighted by molar-refractivity contribution is 7.92. The van der Waals surface area contributed by atoms with Crippen molar-refractivity contribution in [3.05, 3.63) is 101 Å². The van der Waals surface area contributed by atoms with Crippen molar-refractivity contribution in [3.8, 4) is 0 Å². The molecule has 0 heterocycles. The standard InChI is InChI=1S/C32H40ClN3O4S/c1-6-24(4)34-32(38)30(20-25-14-8-7-9-15-25)35(21-26-16-10-12-18-28(26)33)31(37)22-36(41(5,39)40)29-19-13-11-17-27(29)23(2)3/h7-19,23-24,30H,6,20-22H2,1-5H3,(H,34,38)/t24-,30+/m0/s1. The highest BCUT2D eigenvalue weighted by Crippen LogP contribution is 2.29. The van der Waals surface area contributed by atoms with Gasteiger partial charge in [-0.15, -0.1) is 0 Å². The van der Waals surface area contributed by atoms with Gasteiger partial charge in [-0.25, -0.2) is 8.42 Å². The van der Waals surface area contributed by atoms with E-state index in [1.54, 1.807) is 30.3 Å². The fraction of sp³-hybridized carbons (Fsp3) is 0.375. The fourth-order valence-corrected chi connectivity index (χ4v) is 5.67. The molecular formula is C32H40ClN3O4S. The second kappa shape index (κ2) is 14.5. The lowest BCUT2D eigenvalue weighted by atomic mass is 10.0. The lowest BCUT2D eigenvalue weighted by Gasteiger charge is -2.34. The van der Waals surface area contributed by atoms with Gasteiger partial charge in [-0.05, 0) is 48.1 Å². The molecule has 0 aliphatic heterocycles. The van der Waals surface area contributed by atoms with Crippen molar-refractivity contribution in [2.24, 2.45) is 0 Å². The molecule has 1 N–H and O–H groups in total. The molecule has 0 saturated carbocycles. The molecule has 0 fully saturated rings. The Bertz CT molecular complexity index is 1430. The third-order valence-corrected chi connectivity index (χ3v) is 8.57. The number of nitrogens with one attached hydrogen (secondary N) is 1. The fourth-order valence-electron chi connectivity index (χ4n) is 4.60. The highest BCUT2D eigenvalue weighted by atomic mass is 35.5. The molecule has 2 amide bonds. The maximum atomic E-state index is 14.3. The van der Waals surface area contributed by atoms with Crippen molar-refractivity contribution in [1.82, 2.24) is 10.2 Å². The predicted molar refractivity (Wildman–Crippen MR) is 167 cm³/mol. The molecule has 0 aliphatic carbocycles. The minimum absolute atomic E-state index is 0.0249. The zero-order valence-corrected chi connectivity index (χ0v) is 26.0. The van der Waals surface area contributed by atoms with Crippen LogP contribution in [0, 0.1) is 0 Å². The number of nitrogens with zero attached hydrogens (tertiary/aromatic N) is 2. The van der Waals surface area contributed by atoms with E-state index >= 15 is 0 Å². The molecule has 3 aromatic rings. The molecule has 2 atom stereocenters. The number of hydrogen-bond donors (Lipinski definition) is 1. The summed E-state index contributed by atoms with van der Waals surface area (Å²) in [7, 11) is -3.85. The summed E-state index contributed by atoms with van der Waals surface area (Å²) in [4.78, 5) is 29.5. The maximum Gasteiger partial charge on any atom is 0.244 e. The van der Waals surface area contributed by atoms with Crippen LogP contribution in [0.5, 0.6) is 0 Å². The van der Waals surface area contributed by atoms with Crippen LogP contribution in [-0.4, -0.2) is 50.0 Å². The summed E-state index contributed by atoms with van der Waals surface area (Å²) in [5.41, 5.74) is 2.78. The Kier molecular flexibility index (Phi) is 11.4. The number of halogens is 1. The molecule has 3 aromatic carbocycles. The number of benzene rings is 3. The Morgan fingerprint density at radius 2 is 1.51 bits per heavy atom. The molecule has 0 spiro atoms. The van der Waals surface area contributed by atoms with E-state index in [4.69, 9.17) is 11.6 Å². The molecule has 9 heteroatoms. The van der Waals surface area contributed by atoms with Gasteiger partial charge in [0.1, 0.15) is 12.6 Å². The first-order valence-electron chi connectivity index (χ1n) is 13.9. The summed E-state index contributed by atoms with van der Waals surface area (Å²) in [6.07, 6.45) is 2.06. The largest absolute Gasteiger partial charge is 0.352 e. The maximum absolute atomic E-state index is 14.3. The molecule has 0 saturated heterocycles. The number of anilines is 1. The van der Waals surface area contributed by atoms with Crippen LogP contribution < -0.4 is 9.62 Å². The van der Waals surface area contributed by atoms with E-state index in [2.05, 4.69) is 5.32 Å². The molecule has 0 unspecified atom stereocenters. The van der Waals surface area contributed by atoms with E-state index in [1.165, 1.54) is 4.90 Å². The van der Waals surface area contributed by atoms with Gasteiger partial charge in [-0.3, -0.25) is 13.9 Å². The Morgan fingerprint density at radius 1 is 0.902 bits per heavy atom. The first-order valence-corrected chi connectivity index (χ1v) is 16.1. The number of carbonyl (C=O) groups is 2. The number of para-hydroxylation sites is 1. The Hall–Kier alpha value is -3.36. The van der Waals surface area contributed by atoms with Gasteiger partial charge >= 0.3 is 0 Å². The van der Waals surface area contributed by atoms with E-state index in [-0.39, 0.29) is 30.8 Å². The van der Waals surface area contributed by atoms with Crippen molar-refractivity contribution < 1.29 is 18.0 Å². The lowest BCUT2D eigenvalue weighted by molar-refractivity contribution is -0.140. The first-order chi connectivity index (χ1) is 19.4. The molecule has 0 aliphatic rings. The van der Waals surface area contributed by atoms with Crippen molar-refractivity contribution in [2.45, 2.75) is 65.1 Å². The van der Waals surface area contributed by atoms with Gasteiger partial charge in [0.05, 0.1) is 11.9 Å². The normalized spacial score (nSPS) is 13.0. The average Bonchev–Trinajstić information content (AvgIpc) is 2.94. The van der Waals surface area contributed by atoms with Crippen LogP contribution in [-0.2, 0) is 32.6 Å². The number of rotatable bonds is 13. The number of sulfonamides is 1. The molecule has 0 radical (unpaired) electrons. The van der Waals surface area contributed by atoms with Crippen LogP contribution in [0.15, 0.2) is 78.9 Å². The lowest BCUT2D eigenvalue weighted by Crippen LogP contribution is -2.54. The molecule has 220 valence electrons. The molecule has 41 heavy (non-hydrogen) atoms. The monoisotopic (exact) mass is 597 g/mol. The zero-order chi connectivity index (χ0) is 30.2. The van der Waals surface area contributed by atoms with E-state index in [0.29, 0.717) is 16.3 Å². The minimum Gasteiger partial charge on any atom is -0.352 e. The number of carbonyl (C=O) groups excluding carboxylic acids is 2. The van der Waals surface area contributed by atoms with E-state index in [1.807, 2.05) is 76.2 Å². The van der Waals surface area contributed by atoms with Gasteiger partial charge in [0.25, 0.3) is 0 Å². The topological polar surface area (TPSA) is 86.8 Å². The predicted octanol–water partition coefficient (Wildman–Crippen LogP) is 5.78. The minimum atomic E-state index is -3.85. The SMILES string of the molecule is CC[C@H](C)NC(=O)[C@@H](Cc1ccccc1)N(Cc1ccccc1Cl)C(=O)CN(c1ccccc1C(C)C)S(C)(=O)=O. The average molecular weight is 598 g/mol. The Labute approximate surface area is 249 Å². The summed E-state index contributed by atoms with van der Waals surface area (Å²) in [6, 6.07) is 22.8. The van der Waals surface area contributed by atoms with Gasteiger partial charge in [0, 0.05) is 24.0 Å². The van der Waals surface area contributed by atoms with Crippen LogP contribution >= 0.6 is 11.6 Å². The molecule has 7 nitrogen and oxygen atoms in total. The van der Waals surface area contributed by atoms with Gasteiger partial charge in [-0.1, -0.05) is 99.1 Å². The van der Waals surface area contributed by atoms with E-state index in [0.717, 1.165) is 28.1 Å². The Morgan fingerprint density at radius 3 is 2.12 bits per heavy atom. The third kappa shape index (κ3) is 8.81. The smallest absolute Gasteiger partial charge is 0.244 e. The molecule has 0 bridgehead atoms. The third-order valence-electron chi connectivity index (χ3n) is 7.08. The van der Waals surface area contributed by atoms with Crippen molar-refractivity contribution in [2.75, 3.05) is 17.1 Å². The van der Waals surface area contributed by atoms with Gasteiger partial charge in [0.2, 0.25) is 21.8 Å². The highest BCUT2D eigenvalue weighted by Gasteiger charge is 2.34. The van der Waals surface area contributed by atoms with Crippen LogP contribution in [0.1, 0.15) is 56.7 Å². The van der Waals surface area contributed by atoms with Crippen LogP contribution in [0.25, 0.3) is 0 Å². The van der Waals surface area contributed by atoms with Crippen molar-refractivity contribution in [1.29, 1.82) is 0 Å². The molecule has 3 rings (SSSR count). The van der Waals surface area contributed by atoms with Crippen LogP contribution in [0.2, 0.25) is 5.02 Å². The zero-order valence-electron chi connectivity index (χ0n) is 24.4. The first kappa shape index (κ1) is 32.2. The van der Waals surface area contributed by atoms with E-state index in [9.17, 15) is 18.0 Å². The van der Waals surface area contributed by atoms with Gasteiger partial charge < -0.3 is 10.2 Å². The van der Waals surface area contributed by atoms with Crippen molar-refractivity contribution >= 4 is 39.1 Å². The summed E-state index contributed by atoms with van der Waals surface area (Å²) in [6.45, 7) is 7.40. The molecular weight excluding hydrogens is 558 g/mol. The summed E-state index contributed by atoms with van der Waals surface area (Å²) in [5.74, 6) is -0.789. The summed E-state index contributed by atoms with van der Waals surface area (Å²) in [5, 5.41) is 3.48.